The van der Waals surface area contributed by atoms with Crippen molar-refractivity contribution >= 4 is 51.0 Å². The molecule has 0 unspecified atom stereocenters. The van der Waals surface area contributed by atoms with Gasteiger partial charge in [0.05, 0.1) is 23.7 Å². The highest BCUT2D eigenvalue weighted by Gasteiger charge is 2.32. The highest BCUT2D eigenvalue weighted by molar-refractivity contribution is 7.98. The van der Waals surface area contributed by atoms with Crippen LogP contribution in [0, 0.1) is 12.8 Å². The number of aromatic nitrogens is 2. The van der Waals surface area contributed by atoms with E-state index in [1.54, 1.807) is 18.7 Å². The summed E-state index contributed by atoms with van der Waals surface area (Å²) in [6, 6.07) is 10.3. The summed E-state index contributed by atoms with van der Waals surface area (Å²) < 4.78 is 5.27. The van der Waals surface area contributed by atoms with E-state index in [1.165, 1.54) is 11.3 Å². The van der Waals surface area contributed by atoms with Crippen LogP contribution in [0.3, 0.4) is 0 Å². The second-order valence-electron chi connectivity index (χ2n) is 8.20. The fourth-order valence-electron chi connectivity index (χ4n) is 4.12. The molecule has 7 nitrogen and oxygen atoms in total. The number of thiophene rings is 1. The Bertz CT molecular complexity index is 1170. The zero-order valence-electron chi connectivity index (χ0n) is 19.0. The predicted molar refractivity (Wildman–Crippen MR) is 133 cm³/mol. The number of esters is 1. The van der Waals surface area contributed by atoms with E-state index in [4.69, 9.17) is 20.4 Å². The van der Waals surface area contributed by atoms with Crippen molar-refractivity contribution in [3.05, 3.63) is 46.6 Å². The third-order valence-electron chi connectivity index (χ3n) is 5.95. The van der Waals surface area contributed by atoms with Gasteiger partial charge in [-0.05, 0) is 51.3 Å². The van der Waals surface area contributed by atoms with Crippen molar-refractivity contribution in [2.45, 2.75) is 50.3 Å². The van der Waals surface area contributed by atoms with E-state index in [9.17, 15) is 9.59 Å². The lowest BCUT2D eigenvalue weighted by Crippen LogP contribution is -2.46. The van der Waals surface area contributed by atoms with Crippen LogP contribution in [0.2, 0.25) is 0 Å². The smallest absolute Gasteiger partial charge is 0.348 e. The second kappa shape index (κ2) is 10.1. The van der Waals surface area contributed by atoms with Crippen molar-refractivity contribution in [2.24, 2.45) is 11.7 Å². The Morgan fingerprint density at radius 3 is 2.70 bits per heavy atom. The van der Waals surface area contributed by atoms with Gasteiger partial charge in [0, 0.05) is 17.5 Å². The third-order valence-corrected chi connectivity index (χ3v) is 8.12. The minimum Gasteiger partial charge on any atom is -0.462 e. The first-order valence-electron chi connectivity index (χ1n) is 11.1. The maximum absolute atomic E-state index is 12.6. The van der Waals surface area contributed by atoms with Gasteiger partial charge in [0.2, 0.25) is 5.91 Å². The number of hydrogen-bond donors (Lipinski definition) is 1. The number of primary amides is 1. The van der Waals surface area contributed by atoms with E-state index in [2.05, 4.69) is 24.0 Å². The molecule has 1 fully saturated rings. The molecule has 2 atom stereocenters. The van der Waals surface area contributed by atoms with Crippen molar-refractivity contribution in [2.75, 3.05) is 18.1 Å². The molecule has 0 spiro atoms. The Kier molecular flexibility index (Phi) is 7.19. The molecule has 1 amide bonds. The SMILES string of the molecule is CCOC(=O)c1sc2nc(CSc3ccccc3)nc(N3C[C@H](C(N)=O)CC[C@@H]3C)c2c1C. The number of carbonyl (C=O) groups is 2. The minimum atomic E-state index is -0.342. The Hall–Kier alpha value is -2.65. The number of anilines is 1. The van der Waals surface area contributed by atoms with Gasteiger partial charge in [0.25, 0.3) is 0 Å². The molecule has 0 saturated carbocycles. The van der Waals surface area contributed by atoms with Gasteiger partial charge in [-0.25, -0.2) is 14.8 Å². The van der Waals surface area contributed by atoms with Crippen LogP contribution >= 0.6 is 23.1 Å². The Balaban J connectivity index is 1.78. The standard InChI is InChI=1S/C24H28N4O3S2/c1-4-31-24(30)20-15(3)19-22(28-12-16(21(25)29)11-10-14(28)2)26-18(27-23(19)33-20)13-32-17-8-6-5-7-9-17/h5-9,14,16H,4,10-13H2,1-3H3,(H2,25,29)/t14-,16+/m0/s1. The average molecular weight is 485 g/mol. The van der Waals surface area contributed by atoms with Gasteiger partial charge < -0.3 is 15.4 Å². The molecule has 1 aliphatic heterocycles. The number of aryl methyl sites for hydroxylation is 1. The number of piperidine rings is 1. The Morgan fingerprint density at radius 1 is 1.24 bits per heavy atom. The molecule has 0 radical (unpaired) electrons. The van der Waals surface area contributed by atoms with Gasteiger partial charge in [0.1, 0.15) is 21.3 Å². The molecule has 2 N–H and O–H groups in total. The van der Waals surface area contributed by atoms with E-state index in [1.807, 2.05) is 25.1 Å². The van der Waals surface area contributed by atoms with Crippen molar-refractivity contribution in [1.82, 2.24) is 9.97 Å². The number of amides is 1. The highest BCUT2D eigenvalue weighted by atomic mass is 32.2. The molecule has 1 aromatic carbocycles. The molecule has 3 aromatic rings. The summed E-state index contributed by atoms with van der Waals surface area (Å²) in [5, 5.41) is 0.855. The summed E-state index contributed by atoms with van der Waals surface area (Å²) in [6.45, 7) is 6.67. The molecule has 33 heavy (non-hydrogen) atoms. The fourth-order valence-corrected chi connectivity index (χ4v) is 5.99. The molecular formula is C24H28N4O3S2. The summed E-state index contributed by atoms with van der Waals surface area (Å²) in [5.74, 6) is 1.21. The first kappa shape index (κ1) is 23.5. The number of nitrogens with zero attached hydrogens (tertiary/aromatic N) is 3. The average Bonchev–Trinajstić information content (AvgIpc) is 3.15. The fraction of sp³-hybridized carbons (Fsp3) is 0.417. The van der Waals surface area contributed by atoms with Crippen LogP contribution in [0.15, 0.2) is 35.2 Å². The number of fused-ring (bicyclic) bond motifs is 1. The van der Waals surface area contributed by atoms with Crippen LogP contribution < -0.4 is 10.6 Å². The van der Waals surface area contributed by atoms with Crippen LogP contribution in [-0.4, -0.2) is 41.0 Å². The predicted octanol–water partition coefficient (Wildman–Crippen LogP) is 4.56. The van der Waals surface area contributed by atoms with E-state index in [0.29, 0.717) is 29.6 Å². The number of thioether (sulfide) groups is 1. The van der Waals surface area contributed by atoms with Crippen LogP contribution in [0.1, 0.15) is 47.7 Å². The molecule has 174 valence electrons. The zero-order valence-corrected chi connectivity index (χ0v) is 20.7. The van der Waals surface area contributed by atoms with Gasteiger partial charge in [-0.15, -0.1) is 23.1 Å². The lowest BCUT2D eigenvalue weighted by atomic mass is 9.92. The molecule has 3 heterocycles. The van der Waals surface area contributed by atoms with Gasteiger partial charge >= 0.3 is 5.97 Å². The summed E-state index contributed by atoms with van der Waals surface area (Å²) >= 11 is 3.01. The first-order chi connectivity index (χ1) is 15.9. The monoisotopic (exact) mass is 484 g/mol. The maximum atomic E-state index is 12.6. The minimum absolute atomic E-state index is 0.193. The van der Waals surface area contributed by atoms with Crippen LogP contribution in [0.25, 0.3) is 10.2 Å². The molecule has 1 aliphatic rings. The number of rotatable bonds is 7. The summed E-state index contributed by atoms with van der Waals surface area (Å²) in [6.07, 6.45) is 1.62. The molecule has 1 saturated heterocycles. The number of hydrogen-bond acceptors (Lipinski definition) is 8. The number of nitrogens with two attached hydrogens (primary N) is 1. The topological polar surface area (TPSA) is 98.4 Å². The highest BCUT2D eigenvalue weighted by Crippen LogP contribution is 2.39. The molecule has 4 rings (SSSR count). The van der Waals surface area contributed by atoms with Crippen molar-refractivity contribution in [3.63, 3.8) is 0 Å². The molecule has 2 aromatic heterocycles. The Morgan fingerprint density at radius 2 is 2.00 bits per heavy atom. The summed E-state index contributed by atoms with van der Waals surface area (Å²) in [7, 11) is 0. The Labute approximate surface area is 201 Å². The van der Waals surface area contributed by atoms with E-state index in [0.717, 1.165) is 39.3 Å². The van der Waals surface area contributed by atoms with E-state index >= 15 is 0 Å². The van der Waals surface area contributed by atoms with Gasteiger partial charge in [-0.1, -0.05) is 18.2 Å². The van der Waals surface area contributed by atoms with Crippen LogP contribution in [0.5, 0.6) is 0 Å². The number of benzene rings is 1. The van der Waals surface area contributed by atoms with E-state index in [-0.39, 0.29) is 23.8 Å². The maximum Gasteiger partial charge on any atom is 0.348 e. The second-order valence-corrected chi connectivity index (χ2v) is 10.2. The molecular weight excluding hydrogens is 456 g/mol. The largest absolute Gasteiger partial charge is 0.462 e. The van der Waals surface area contributed by atoms with Gasteiger partial charge in [0.15, 0.2) is 0 Å². The van der Waals surface area contributed by atoms with Gasteiger partial charge in [-0.2, -0.15) is 0 Å². The van der Waals surface area contributed by atoms with Crippen LogP contribution in [0.4, 0.5) is 5.82 Å². The quantitative estimate of drug-likeness (QED) is 0.388. The number of carbonyl (C=O) groups excluding carboxylic acids is 2. The van der Waals surface area contributed by atoms with Gasteiger partial charge in [-0.3, -0.25) is 4.79 Å². The molecule has 0 aliphatic carbocycles. The van der Waals surface area contributed by atoms with E-state index < -0.39 is 0 Å². The number of ether oxygens (including phenoxy) is 1. The van der Waals surface area contributed by atoms with Crippen LogP contribution in [-0.2, 0) is 15.3 Å². The van der Waals surface area contributed by atoms with Crippen molar-refractivity contribution in [1.29, 1.82) is 0 Å². The third kappa shape index (κ3) is 4.99. The molecule has 0 bridgehead atoms. The zero-order chi connectivity index (χ0) is 23.5. The van der Waals surface area contributed by atoms with Crippen molar-refractivity contribution < 1.29 is 14.3 Å². The summed E-state index contributed by atoms with van der Waals surface area (Å²) in [5.41, 5.74) is 6.47. The van der Waals surface area contributed by atoms with Crippen molar-refractivity contribution in [3.8, 4) is 0 Å². The first-order valence-corrected chi connectivity index (χ1v) is 12.9. The lowest BCUT2D eigenvalue weighted by molar-refractivity contribution is -0.122. The lowest BCUT2D eigenvalue weighted by Gasteiger charge is -2.38. The normalized spacial score (nSPS) is 18.5. The molecule has 9 heteroatoms. The summed E-state index contributed by atoms with van der Waals surface area (Å²) in [4.78, 5) is 38.9.